The standard InChI is InChI=1S/C20H24ClNO/c21-20-18(17-9-3-1-4-10-17)11-7-12-19(20)23-16-8-15-22-13-5-2-6-14-22/h1,3-4,7,9-12H,2,5-6,8,13-16H2. The first-order valence-electron chi connectivity index (χ1n) is 8.54. The van der Waals surface area contributed by atoms with Gasteiger partial charge >= 0.3 is 0 Å². The second kappa shape index (κ2) is 8.37. The first-order valence-corrected chi connectivity index (χ1v) is 8.91. The summed E-state index contributed by atoms with van der Waals surface area (Å²) in [6.45, 7) is 4.32. The summed E-state index contributed by atoms with van der Waals surface area (Å²) in [6, 6.07) is 16.2. The van der Waals surface area contributed by atoms with E-state index < -0.39 is 0 Å². The van der Waals surface area contributed by atoms with Crippen molar-refractivity contribution in [1.82, 2.24) is 4.90 Å². The van der Waals surface area contributed by atoms with Crippen molar-refractivity contribution in [2.75, 3.05) is 26.2 Å². The van der Waals surface area contributed by atoms with Crippen LogP contribution in [0.4, 0.5) is 0 Å². The van der Waals surface area contributed by atoms with E-state index in [9.17, 15) is 0 Å². The summed E-state index contributed by atoms with van der Waals surface area (Å²) in [4.78, 5) is 2.54. The van der Waals surface area contributed by atoms with Gasteiger partial charge in [0, 0.05) is 12.1 Å². The molecular weight excluding hydrogens is 306 g/mol. The van der Waals surface area contributed by atoms with E-state index in [2.05, 4.69) is 17.0 Å². The van der Waals surface area contributed by atoms with E-state index in [1.807, 2.05) is 36.4 Å². The molecule has 2 aromatic carbocycles. The maximum absolute atomic E-state index is 6.54. The maximum atomic E-state index is 6.54. The highest BCUT2D eigenvalue weighted by atomic mass is 35.5. The Morgan fingerprint density at radius 3 is 2.48 bits per heavy atom. The molecule has 2 nitrogen and oxygen atoms in total. The number of hydrogen-bond donors (Lipinski definition) is 0. The Kier molecular flexibility index (Phi) is 5.95. The lowest BCUT2D eigenvalue weighted by Gasteiger charge is -2.26. The predicted octanol–water partition coefficient (Wildman–Crippen LogP) is 5.26. The number of hydrogen-bond acceptors (Lipinski definition) is 2. The van der Waals surface area contributed by atoms with Crippen molar-refractivity contribution in [2.45, 2.75) is 25.7 Å². The van der Waals surface area contributed by atoms with Crippen molar-refractivity contribution >= 4 is 11.6 Å². The summed E-state index contributed by atoms with van der Waals surface area (Å²) < 4.78 is 5.93. The van der Waals surface area contributed by atoms with E-state index in [1.54, 1.807) is 0 Å². The molecule has 0 saturated carbocycles. The summed E-state index contributed by atoms with van der Waals surface area (Å²) >= 11 is 6.54. The zero-order valence-electron chi connectivity index (χ0n) is 13.5. The van der Waals surface area contributed by atoms with E-state index >= 15 is 0 Å². The number of ether oxygens (including phenoxy) is 1. The molecule has 0 N–H and O–H groups in total. The molecule has 0 aromatic heterocycles. The quantitative estimate of drug-likeness (QED) is 0.670. The molecule has 23 heavy (non-hydrogen) atoms. The molecular formula is C20H24ClNO. The summed E-state index contributed by atoms with van der Waals surface area (Å²) in [5.74, 6) is 0.784. The fourth-order valence-corrected chi connectivity index (χ4v) is 3.41. The van der Waals surface area contributed by atoms with Crippen molar-refractivity contribution in [3.05, 3.63) is 53.6 Å². The summed E-state index contributed by atoms with van der Waals surface area (Å²) in [6.07, 6.45) is 5.11. The molecule has 0 atom stereocenters. The predicted molar refractivity (Wildman–Crippen MR) is 97.3 cm³/mol. The van der Waals surface area contributed by atoms with Crippen LogP contribution in [0.2, 0.25) is 5.02 Å². The van der Waals surface area contributed by atoms with Gasteiger partial charge in [-0.1, -0.05) is 60.5 Å². The first kappa shape index (κ1) is 16.4. The van der Waals surface area contributed by atoms with Crippen molar-refractivity contribution < 1.29 is 4.74 Å². The minimum absolute atomic E-state index is 0.705. The molecule has 1 saturated heterocycles. The Balaban J connectivity index is 1.56. The number of piperidine rings is 1. The minimum Gasteiger partial charge on any atom is -0.492 e. The lowest BCUT2D eigenvalue weighted by atomic mass is 10.1. The molecule has 1 heterocycles. The smallest absolute Gasteiger partial charge is 0.138 e. The second-order valence-corrected chi connectivity index (χ2v) is 6.47. The maximum Gasteiger partial charge on any atom is 0.138 e. The Hall–Kier alpha value is -1.51. The van der Waals surface area contributed by atoms with Gasteiger partial charge in [-0.15, -0.1) is 0 Å². The van der Waals surface area contributed by atoms with Crippen LogP contribution < -0.4 is 4.74 Å². The molecule has 1 aliphatic rings. The summed E-state index contributed by atoms with van der Waals surface area (Å²) in [5, 5.41) is 0.705. The van der Waals surface area contributed by atoms with Gasteiger partial charge in [0.25, 0.3) is 0 Å². The second-order valence-electron chi connectivity index (χ2n) is 6.09. The zero-order chi connectivity index (χ0) is 15.9. The highest BCUT2D eigenvalue weighted by Gasteiger charge is 2.11. The van der Waals surface area contributed by atoms with E-state index in [1.165, 1.54) is 32.4 Å². The lowest BCUT2D eigenvalue weighted by molar-refractivity contribution is 0.205. The molecule has 0 bridgehead atoms. The molecule has 3 rings (SSSR count). The van der Waals surface area contributed by atoms with Crippen molar-refractivity contribution in [3.8, 4) is 16.9 Å². The van der Waals surface area contributed by atoms with Gasteiger partial charge < -0.3 is 9.64 Å². The van der Waals surface area contributed by atoms with Crippen LogP contribution in [0.25, 0.3) is 11.1 Å². The third-order valence-electron chi connectivity index (χ3n) is 4.37. The van der Waals surface area contributed by atoms with E-state index in [-0.39, 0.29) is 0 Å². The molecule has 0 aliphatic carbocycles. The average Bonchev–Trinajstić information content (AvgIpc) is 2.61. The monoisotopic (exact) mass is 329 g/mol. The van der Waals surface area contributed by atoms with Gasteiger partial charge in [-0.05, 0) is 44.0 Å². The molecule has 0 unspecified atom stereocenters. The van der Waals surface area contributed by atoms with Crippen LogP contribution in [0.15, 0.2) is 48.5 Å². The fourth-order valence-electron chi connectivity index (χ4n) is 3.12. The number of benzene rings is 2. The van der Waals surface area contributed by atoms with Gasteiger partial charge in [0.1, 0.15) is 5.75 Å². The topological polar surface area (TPSA) is 12.5 Å². The Morgan fingerprint density at radius 2 is 1.70 bits per heavy atom. The van der Waals surface area contributed by atoms with Crippen LogP contribution in [-0.2, 0) is 0 Å². The molecule has 1 fully saturated rings. The van der Waals surface area contributed by atoms with Crippen molar-refractivity contribution in [3.63, 3.8) is 0 Å². The van der Waals surface area contributed by atoms with Gasteiger partial charge in [0.05, 0.1) is 11.6 Å². The largest absolute Gasteiger partial charge is 0.492 e. The van der Waals surface area contributed by atoms with Crippen molar-refractivity contribution in [1.29, 1.82) is 0 Å². The Morgan fingerprint density at radius 1 is 0.913 bits per heavy atom. The van der Waals surface area contributed by atoms with Gasteiger partial charge in [-0.2, -0.15) is 0 Å². The van der Waals surface area contributed by atoms with E-state index in [0.29, 0.717) is 11.6 Å². The first-order chi connectivity index (χ1) is 11.3. The van der Waals surface area contributed by atoms with Crippen LogP contribution in [0.3, 0.4) is 0 Å². The Labute approximate surface area is 144 Å². The summed E-state index contributed by atoms with van der Waals surface area (Å²) in [7, 11) is 0. The number of nitrogens with zero attached hydrogens (tertiary/aromatic N) is 1. The van der Waals surface area contributed by atoms with Crippen LogP contribution in [-0.4, -0.2) is 31.1 Å². The summed E-state index contributed by atoms with van der Waals surface area (Å²) in [5.41, 5.74) is 2.15. The Bertz CT molecular complexity index is 608. The van der Waals surface area contributed by atoms with Crippen LogP contribution >= 0.6 is 11.6 Å². The van der Waals surface area contributed by atoms with Gasteiger partial charge in [0.15, 0.2) is 0 Å². The van der Waals surface area contributed by atoms with Crippen LogP contribution in [0, 0.1) is 0 Å². The van der Waals surface area contributed by atoms with Gasteiger partial charge in [0.2, 0.25) is 0 Å². The molecule has 0 amide bonds. The normalized spacial score (nSPS) is 15.5. The molecule has 122 valence electrons. The van der Waals surface area contributed by atoms with Crippen LogP contribution in [0.1, 0.15) is 25.7 Å². The highest BCUT2D eigenvalue weighted by molar-refractivity contribution is 6.34. The highest BCUT2D eigenvalue weighted by Crippen LogP contribution is 2.35. The number of rotatable bonds is 6. The molecule has 1 aliphatic heterocycles. The fraction of sp³-hybridized carbons (Fsp3) is 0.400. The van der Waals surface area contributed by atoms with Gasteiger partial charge in [-0.25, -0.2) is 0 Å². The molecule has 0 radical (unpaired) electrons. The molecule has 3 heteroatoms. The zero-order valence-corrected chi connectivity index (χ0v) is 14.3. The third kappa shape index (κ3) is 4.49. The van der Waals surface area contributed by atoms with Gasteiger partial charge in [-0.3, -0.25) is 0 Å². The lowest BCUT2D eigenvalue weighted by Crippen LogP contribution is -2.31. The number of halogens is 1. The van der Waals surface area contributed by atoms with Crippen molar-refractivity contribution in [2.24, 2.45) is 0 Å². The van der Waals surface area contributed by atoms with E-state index in [4.69, 9.17) is 16.3 Å². The van der Waals surface area contributed by atoms with E-state index in [0.717, 1.165) is 29.8 Å². The SMILES string of the molecule is Clc1c(OCCCN2CCCCC2)cccc1-c1ccccc1. The van der Waals surface area contributed by atoms with Crippen LogP contribution in [0.5, 0.6) is 5.75 Å². The number of likely N-dealkylation sites (tertiary alicyclic amines) is 1. The molecule has 2 aromatic rings. The molecule has 0 spiro atoms. The third-order valence-corrected chi connectivity index (χ3v) is 4.76. The average molecular weight is 330 g/mol. The minimum atomic E-state index is 0.705.